The Balaban J connectivity index is 1.63. The van der Waals surface area contributed by atoms with Gasteiger partial charge in [0.05, 0.1) is 5.92 Å². The number of piperidine rings is 1. The average molecular weight is 311 g/mol. The highest BCUT2D eigenvalue weighted by atomic mass is 16.1. The van der Waals surface area contributed by atoms with E-state index >= 15 is 0 Å². The number of nitrogens with zero attached hydrogens (tertiary/aromatic N) is 1. The molecule has 1 unspecified atom stereocenters. The van der Waals surface area contributed by atoms with Gasteiger partial charge in [0.25, 0.3) is 0 Å². The van der Waals surface area contributed by atoms with E-state index in [1.807, 2.05) is 0 Å². The van der Waals surface area contributed by atoms with Crippen molar-refractivity contribution < 1.29 is 4.79 Å². The molecule has 1 saturated heterocycles. The van der Waals surface area contributed by atoms with Gasteiger partial charge in [-0.25, -0.2) is 0 Å². The predicted octanol–water partition coefficient (Wildman–Crippen LogP) is 2.13. The highest BCUT2D eigenvalue weighted by molar-refractivity contribution is 5.83. The van der Waals surface area contributed by atoms with Crippen molar-refractivity contribution in [3.63, 3.8) is 0 Å². The fourth-order valence-electron chi connectivity index (χ4n) is 3.35. The molecule has 0 aliphatic carbocycles. The van der Waals surface area contributed by atoms with Crippen molar-refractivity contribution in [3.8, 4) is 0 Å². The van der Waals surface area contributed by atoms with Crippen LogP contribution in [0.5, 0.6) is 0 Å². The Morgan fingerprint density at radius 2 is 2.04 bits per heavy atom. The largest absolute Gasteiger partial charge is 0.355 e. The van der Waals surface area contributed by atoms with Crippen molar-refractivity contribution in [1.29, 1.82) is 0 Å². The number of carbonyl (C=O) groups is 1. The zero-order chi connectivity index (χ0) is 16.1. The molecule has 23 heavy (non-hydrogen) atoms. The quantitative estimate of drug-likeness (QED) is 0.889. The molecule has 0 spiro atoms. The summed E-state index contributed by atoms with van der Waals surface area (Å²) < 4.78 is 0. The van der Waals surface area contributed by atoms with E-state index in [4.69, 9.17) is 5.73 Å². The van der Waals surface area contributed by atoms with Crippen LogP contribution in [0.2, 0.25) is 0 Å². The molecule has 0 saturated carbocycles. The molecule has 2 aromatic rings. The van der Waals surface area contributed by atoms with E-state index < -0.39 is 0 Å². The lowest BCUT2D eigenvalue weighted by molar-refractivity contribution is -0.126. The normalized spacial score (nSPS) is 18.9. The minimum Gasteiger partial charge on any atom is -0.355 e. The molecule has 1 heterocycles. The lowest BCUT2D eigenvalue weighted by atomic mass is 9.96. The predicted molar refractivity (Wildman–Crippen MR) is 94.0 cm³/mol. The second-order valence-corrected chi connectivity index (χ2v) is 6.34. The fraction of sp³-hybridized carbons (Fsp3) is 0.421. The molecule has 3 N–H and O–H groups in total. The number of rotatable bonds is 5. The summed E-state index contributed by atoms with van der Waals surface area (Å²) in [5.74, 6) is 0.245. The lowest BCUT2D eigenvalue weighted by Crippen LogP contribution is -2.43. The Kier molecular flexibility index (Phi) is 5.26. The molecule has 4 heteroatoms. The van der Waals surface area contributed by atoms with Crippen LogP contribution in [0.4, 0.5) is 0 Å². The van der Waals surface area contributed by atoms with Crippen LogP contribution < -0.4 is 11.1 Å². The highest BCUT2D eigenvalue weighted by Crippen LogP contribution is 2.21. The van der Waals surface area contributed by atoms with E-state index in [1.165, 1.54) is 16.3 Å². The van der Waals surface area contributed by atoms with Gasteiger partial charge in [0.2, 0.25) is 5.91 Å². The minimum absolute atomic E-state index is 0.0933. The van der Waals surface area contributed by atoms with Gasteiger partial charge in [-0.1, -0.05) is 36.4 Å². The molecule has 1 aliphatic heterocycles. The van der Waals surface area contributed by atoms with Gasteiger partial charge < -0.3 is 11.1 Å². The van der Waals surface area contributed by atoms with Gasteiger partial charge in [-0.05, 0) is 41.8 Å². The van der Waals surface area contributed by atoms with Gasteiger partial charge in [0, 0.05) is 26.2 Å². The summed E-state index contributed by atoms with van der Waals surface area (Å²) in [5.41, 5.74) is 6.77. The van der Waals surface area contributed by atoms with Crippen molar-refractivity contribution in [1.82, 2.24) is 10.2 Å². The molecule has 2 aromatic carbocycles. The number of hydrogen-bond donors (Lipinski definition) is 2. The molecule has 1 fully saturated rings. The van der Waals surface area contributed by atoms with E-state index in [0.29, 0.717) is 13.1 Å². The monoisotopic (exact) mass is 311 g/mol. The first-order valence-corrected chi connectivity index (χ1v) is 8.44. The van der Waals surface area contributed by atoms with Gasteiger partial charge in [-0.2, -0.15) is 0 Å². The number of hydrogen-bond acceptors (Lipinski definition) is 3. The van der Waals surface area contributed by atoms with Crippen LogP contribution in [0.3, 0.4) is 0 Å². The van der Waals surface area contributed by atoms with Gasteiger partial charge in [0.15, 0.2) is 0 Å². The third-order valence-electron chi connectivity index (χ3n) is 4.54. The van der Waals surface area contributed by atoms with Crippen molar-refractivity contribution in [3.05, 3.63) is 48.0 Å². The maximum absolute atomic E-state index is 12.1. The van der Waals surface area contributed by atoms with Crippen LogP contribution in [0.25, 0.3) is 10.8 Å². The number of nitrogens with one attached hydrogen (secondary N) is 1. The summed E-state index contributed by atoms with van der Waals surface area (Å²) >= 11 is 0. The Morgan fingerprint density at radius 1 is 1.22 bits per heavy atom. The minimum atomic E-state index is 0.0933. The van der Waals surface area contributed by atoms with Crippen LogP contribution in [0.15, 0.2) is 42.5 Å². The van der Waals surface area contributed by atoms with Gasteiger partial charge >= 0.3 is 0 Å². The Labute approximate surface area is 137 Å². The van der Waals surface area contributed by atoms with E-state index in [2.05, 4.69) is 52.7 Å². The van der Waals surface area contributed by atoms with E-state index in [9.17, 15) is 4.79 Å². The van der Waals surface area contributed by atoms with Crippen molar-refractivity contribution in [2.45, 2.75) is 19.4 Å². The highest BCUT2D eigenvalue weighted by Gasteiger charge is 2.25. The Morgan fingerprint density at radius 3 is 2.87 bits per heavy atom. The number of benzene rings is 2. The Hall–Kier alpha value is -1.91. The average Bonchev–Trinajstić information content (AvgIpc) is 2.60. The van der Waals surface area contributed by atoms with Crippen molar-refractivity contribution >= 4 is 16.7 Å². The standard InChI is InChI=1S/C19H25N3O/c20-9-10-21-19(23)18-6-3-11-22(14-18)13-15-7-8-16-4-1-2-5-17(16)12-15/h1-2,4-5,7-8,12,18H,3,6,9-11,13-14,20H2,(H,21,23). The van der Waals surface area contributed by atoms with E-state index in [0.717, 1.165) is 32.5 Å². The second kappa shape index (κ2) is 7.57. The molecule has 122 valence electrons. The topological polar surface area (TPSA) is 58.4 Å². The van der Waals surface area contributed by atoms with E-state index in [1.54, 1.807) is 0 Å². The maximum atomic E-state index is 12.1. The number of likely N-dealkylation sites (tertiary alicyclic amines) is 1. The first-order chi connectivity index (χ1) is 11.3. The summed E-state index contributed by atoms with van der Waals surface area (Å²) in [6, 6.07) is 15.1. The van der Waals surface area contributed by atoms with Gasteiger partial charge in [-0.3, -0.25) is 9.69 Å². The molecule has 0 aromatic heterocycles. The molecular weight excluding hydrogens is 286 g/mol. The lowest BCUT2D eigenvalue weighted by Gasteiger charge is -2.32. The maximum Gasteiger partial charge on any atom is 0.224 e. The zero-order valence-electron chi connectivity index (χ0n) is 13.5. The molecular formula is C19H25N3O. The smallest absolute Gasteiger partial charge is 0.224 e. The number of nitrogens with two attached hydrogens (primary N) is 1. The second-order valence-electron chi connectivity index (χ2n) is 6.34. The molecule has 1 aliphatic rings. The van der Waals surface area contributed by atoms with Crippen molar-refractivity contribution in [2.24, 2.45) is 11.7 Å². The van der Waals surface area contributed by atoms with Crippen LogP contribution in [-0.4, -0.2) is 37.0 Å². The first kappa shape index (κ1) is 16.0. The number of fused-ring (bicyclic) bond motifs is 1. The third kappa shape index (κ3) is 4.09. The first-order valence-electron chi connectivity index (χ1n) is 8.44. The van der Waals surface area contributed by atoms with Crippen molar-refractivity contribution in [2.75, 3.05) is 26.2 Å². The van der Waals surface area contributed by atoms with Crippen LogP contribution in [0.1, 0.15) is 18.4 Å². The van der Waals surface area contributed by atoms with Crippen LogP contribution in [-0.2, 0) is 11.3 Å². The third-order valence-corrected chi connectivity index (χ3v) is 4.54. The summed E-state index contributed by atoms with van der Waals surface area (Å²) in [6.45, 7) is 3.88. The van der Waals surface area contributed by atoms with Crippen LogP contribution >= 0.6 is 0 Å². The zero-order valence-corrected chi connectivity index (χ0v) is 13.5. The Bertz CT molecular complexity index is 670. The fourth-order valence-corrected chi connectivity index (χ4v) is 3.35. The SMILES string of the molecule is NCCNC(=O)C1CCCN(Cc2ccc3ccccc3c2)C1. The summed E-state index contributed by atoms with van der Waals surface area (Å²) in [5, 5.41) is 5.47. The van der Waals surface area contributed by atoms with Gasteiger partial charge in [0.1, 0.15) is 0 Å². The van der Waals surface area contributed by atoms with Crippen LogP contribution in [0, 0.1) is 5.92 Å². The summed E-state index contributed by atoms with van der Waals surface area (Å²) in [7, 11) is 0. The van der Waals surface area contributed by atoms with Gasteiger partial charge in [-0.15, -0.1) is 0 Å². The molecule has 3 rings (SSSR count). The summed E-state index contributed by atoms with van der Waals surface area (Å²) in [4.78, 5) is 14.5. The molecule has 0 radical (unpaired) electrons. The van der Waals surface area contributed by atoms with E-state index in [-0.39, 0.29) is 11.8 Å². The summed E-state index contributed by atoms with van der Waals surface area (Å²) in [6.07, 6.45) is 2.05. The molecule has 0 bridgehead atoms. The molecule has 1 amide bonds. The number of carbonyl (C=O) groups excluding carboxylic acids is 1. The molecule has 4 nitrogen and oxygen atoms in total. The molecule has 1 atom stereocenters. The number of amides is 1.